The molecule has 1 aliphatic rings. The standard InChI is InChI=1S/C26H43N3O6/c1-3-21(2)25(27)26(31)28-12-8-4-5-11-24(30)29-13-15-32-17-19-34-22-9-6-7-10-23(22)35-20-18-33-16-14-29/h6-7,9-10,21,25H,3-5,8,11-20,27H2,1-2H3,(H,28,31). The van der Waals surface area contributed by atoms with E-state index < -0.39 is 6.04 Å². The summed E-state index contributed by atoms with van der Waals surface area (Å²) in [6.07, 6.45) is 3.78. The van der Waals surface area contributed by atoms with Gasteiger partial charge in [-0.25, -0.2) is 0 Å². The highest BCUT2D eigenvalue weighted by Crippen LogP contribution is 2.26. The maximum absolute atomic E-state index is 12.8. The Morgan fingerprint density at radius 1 is 0.943 bits per heavy atom. The van der Waals surface area contributed by atoms with Crippen LogP contribution < -0.4 is 20.5 Å². The molecule has 0 bridgehead atoms. The molecule has 9 nitrogen and oxygen atoms in total. The molecule has 0 aromatic heterocycles. The summed E-state index contributed by atoms with van der Waals surface area (Å²) < 4.78 is 22.9. The predicted octanol–water partition coefficient (Wildman–Crippen LogP) is 2.37. The van der Waals surface area contributed by atoms with Crippen LogP contribution >= 0.6 is 0 Å². The third-order valence-corrected chi connectivity index (χ3v) is 6.11. The number of unbranched alkanes of at least 4 members (excludes halogenated alkanes) is 2. The van der Waals surface area contributed by atoms with Crippen molar-refractivity contribution in [2.24, 2.45) is 11.7 Å². The molecule has 1 aromatic carbocycles. The van der Waals surface area contributed by atoms with Crippen molar-refractivity contribution in [3.63, 3.8) is 0 Å². The van der Waals surface area contributed by atoms with Gasteiger partial charge in [0, 0.05) is 26.1 Å². The molecule has 2 rings (SSSR count). The Bertz CT molecular complexity index is 713. The lowest BCUT2D eigenvalue weighted by Gasteiger charge is -2.23. The Hall–Kier alpha value is -2.36. The van der Waals surface area contributed by atoms with Crippen molar-refractivity contribution in [3.05, 3.63) is 24.3 Å². The fourth-order valence-corrected chi connectivity index (χ4v) is 3.60. The summed E-state index contributed by atoms with van der Waals surface area (Å²) in [5, 5.41) is 2.90. The van der Waals surface area contributed by atoms with Crippen LogP contribution in [0, 0.1) is 5.92 Å². The van der Waals surface area contributed by atoms with E-state index in [9.17, 15) is 9.59 Å². The van der Waals surface area contributed by atoms with Crippen molar-refractivity contribution >= 4 is 11.8 Å². The third-order valence-electron chi connectivity index (χ3n) is 6.11. The predicted molar refractivity (Wildman–Crippen MR) is 135 cm³/mol. The zero-order chi connectivity index (χ0) is 25.3. The van der Waals surface area contributed by atoms with Crippen molar-refractivity contribution in [1.82, 2.24) is 10.2 Å². The van der Waals surface area contributed by atoms with Crippen LogP contribution in [0.5, 0.6) is 11.5 Å². The van der Waals surface area contributed by atoms with Gasteiger partial charge >= 0.3 is 0 Å². The number of rotatable bonds is 9. The molecule has 1 aliphatic heterocycles. The van der Waals surface area contributed by atoms with Crippen molar-refractivity contribution < 1.29 is 28.5 Å². The topological polar surface area (TPSA) is 112 Å². The molecule has 0 radical (unpaired) electrons. The van der Waals surface area contributed by atoms with Crippen molar-refractivity contribution in [3.8, 4) is 11.5 Å². The molecule has 9 heteroatoms. The quantitative estimate of drug-likeness (QED) is 0.508. The number of ether oxygens (including phenoxy) is 4. The van der Waals surface area contributed by atoms with Gasteiger partial charge in [0.2, 0.25) is 11.8 Å². The van der Waals surface area contributed by atoms with E-state index in [2.05, 4.69) is 5.32 Å². The number of hydrogen-bond acceptors (Lipinski definition) is 7. The lowest BCUT2D eigenvalue weighted by Crippen LogP contribution is -2.44. The van der Waals surface area contributed by atoms with E-state index in [1.165, 1.54) is 0 Å². The molecule has 2 atom stereocenters. The highest BCUT2D eigenvalue weighted by atomic mass is 16.6. The van der Waals surface area contributed by atoms with Crippen LogP contribution in [0.4, 0.5) is 0 Å². The van der Waals surface area contributed by atoms with E-state index in [-0.39, 0.29) is 17.7 Å². The molecule has 2 unspecified atom stereocenters. The average molecular weight is 494 g/mol. The Kier molecular flexibility index (Phi) is 14.1. The number of para-hydroxylation sites is 2. The Morgan fingerprint density at radius 2 is 1.54 bits per heavy atom. The van der Waals surface area contributed by atoms with Crippen LogP contribution in [0.15, 0.2) is 24.3 Å². The maximum atomic E-state index is 12.8. The molecule has 0 fully saturated rings. The molecular formula is C26H43N3O6. The number of nitrogens with zero attached hydrogens (tertiary/aromatic N) is 1. The SMILES string of the molecule is CCC(C)C(N)C(=O)NCCCCCC(=O)N1CCOCCOc2ccccc2OCCOCC1. The second-order valence-electron chi connectivity index (χ2n) is 8.76. The van der Waals surface area contributed by atoms with Crippen molar-refractivity contribution in [1.29, 1.82) is 0 Å². The summed E-state index contributed by atoms with van der Waals surface area (Å²) in [7, 11) is 0. The monoisotopic (exact) mass is 493 g/mol. The highest BCUT2D eigenvalue weighted by Gasteiger charge is 2.18. The van der Waals surface area contributed by atoms with Gasteiger partial charge < -0.3 is 34.9 Å². The fourth-order valence-electron chi connectivity index (χ4n) is 3.60. The third kappa shape index (κ3) is 11.3. The molecule has 0 saturated heterocycles. The molecule has 0 spiro atoms. The summed E-state index contributed by atoms with van der Waals surface area (Å²) in [6.45, 7) is 8.16. The van der Waals surface area contributed by atoms with Gasteiger partial charge in [-0.1, -0.05) is 38.8 Å². The number of amides is 2. The second-order valence-corrected chi connectivity index (χ2v) is 8.76. The Balaban J connectivity index is 1.68. The maximum Gasteiger partial charge on any atom is 0.237 e. The van der Waals surface area contributed by atoms with Gasteiger partial charge in [-0.05, 0) is 30.9 Å². The minimum atomic E-state index is -0.466. The van der Waals surface area contributed by atoms with E-state index in [4.69, 9.17) is 24.7 Å². The van der Waals surface area contributed by atoms with Gasteiger partial charge in [0.25, 0.3) is 0 Å². The zero-order valence-electron chi connectivity index (χ0n) is 21.3. The largest absolute Gasteiger partial charge is 0.487 e. The van der Waals surface area contributed by atoms with Gasteiger partial charge in [0.15, 0.2) is 11.5 Å². The number of nitrogens with one attached hydrogen (secondary N) is 1. The van der Waals surface area contributed by atoms with E-state index in [0.29, 0.717) is 77.2 Å². The first-order valence-corrected chi connectivity index (χ1v) is 12.8. The van der Waals surface area contributed by atoms with E-state index in [0.717, 1.165) is 25.7 Å². The van der Waals surface area contributed by atoms with E-state index in [1.807, 2.05) is 38.1 Å². The fraction of sp³-hybridized carbons (Fsp3) is 0.692. The smallest absolute Gasteiger partial charge is 0.237 e. The molecule has 198 valence electrons. The minimum absolute atomic E-state index is 0.0873. The van der Waals surface area contributed by atoms with Gasteiger partial charge in [0.05, 0.1) is 32.5 Å². The molecule has 0 aliphatic carbocycles. The molecule has 1 aromatic rings. The number of carbonyl (C=O) groups excluding carboxylic acids is 2. The van der Waals surface area contributed by atoms with E-state index >= 15 is 0 Å². The molecule has 1 heterocycles. The van der Waals surface area contributed by atoms with Crippen LogP contribution in [0.3, 0.4) is 0 Å². The zero-order valence-corrected chi connectivity index (χ0v) is 21.3. The summed E-state index contributed by atoms with van der Waals surface area (Å²) in [4.78, 5) is 26.6. The summed E-state index contributed by atoms with van der Waals surface area (Å²) in [5.41, 5.74) is 5.95. The highest BCUT2D eigenvalue weighted by molar-refractivity contribution is 5.81. The summed E-state index contributed by atoms with van der Waals surface area (Å²) >= 11 is 0. The number of hydrogen-bond donors (Lipinski definition) is 2. The molecule has 2 amide bonds. The lowest BCUT2D eigenvalue weighted by atomic mass is 9.99. The summed E-state index contributed by atoms with van der Waals surface area (Å²) in [5.74, 6) is 1.51. The number of fused-ring (bicyclic) bond motifs is 1. The van der Waals surface area contributed by atoms with E-state index in [1.54, 1.807) is 4.90 Å². The van der Waals surface area contributed by atoms with Crippen LogP contribution in [-0.4, -0.2) is 82.0 Å². The van der Waals surface area contributed by atoms with Crippen LogP contribution in [0.25, 0.3) is 0 Å². The second kappa shape index (κ2) is 17.1. The first-order valence-electron chi connectivity index (χ1n) is 12.8. The van der Waals surface area contributed by atoms with Crippen molar-refractivity contribution in [2.75, 3.05) is 59.3 Å². The first kappa shape index (κ1) is 28.9. The van der Waals surface area contributed by atoms with Crippen LogP contribution in [0.2, 0.25) is 0 Å². The van der Waals surface area contributed by atoms with Gasteiger partial charge in [-0.2, -0.15) is 0 Å². The Labute approximate surface area is 209 Å². The number of nitrogens with two attached hydrogens (primary N) is 1. The normalized spacial score (nSPS) is 17.5. The molecular weight excluding hydrogens is 450 g/mol. The van der Waals surface area contributed by atoms with Crippen LogP contribution in [-0.2, 0) is 19.1 Å². The molecule has 0 saturated carbocycles. The molecule has 35 heavy (non-hydrogen) atoms. The number of benzene rings is 1. The lowest BCUT2D eigenvalue weighted by molar-refractivity contribution is -0.133. The van der Waals surface area contributed by atoms with Crippen LogP contribution in [0.1, 0.15) is 46.0 Å². The molecule has 3 N–H and O–H groups in total. The average Bonchev–Trinajstić information content (AvgIpc) is 2.88. The van der Waals surface area contributed by atoms with Crippen molar-refractivity contribution in [2.45, 2.75) is 52.0 Å². The minimum Gasteiger partial charge on any atom is -0.487 e. The van der Waals surface area contributed by atoms with Gasteiger partial charge in [0.1, 0.15) is 13.2 Å². The first-order chi connectivity index (χ1) is 17.0. The van der Waals surface area contributed by atoms with Gasteiger partial charge in [-0.3, -0.25) is 9.59 Å². The number of carbonyl (C=O) groups is 2. The summed E-state index contributed by atoms with van der Waals surface area (Å²) in [6, 6.07) is 7.06. The van der Waals surface area contributed by atoms with Gasteiger partial charge in [-0.15, -0.1) is 0 Å². The Morgan fingerprint density at radius 3 is 2.11 bits per heavy atom.